The quantitative estimate of drug-likeness (QED) is 0.856. The molecule has 1 fully saturated rings. The fourth-order valence-electron chi connectivity index (χ4n) is 4.25. The molecule has 0 spiro atoms. The molecule has 0 bridgehead atoms. The number of hydrogen-bond donors (Lipinski definition) is 1. The zero-order valence-electron chi connectivity index (χ0n) is 15.9. The van der Waals surface area contributed by atoms with Gasteiger partial charge in [-0.05, 0) is 67.9 Å². The first-order valence-corrected chi connectivity index (χ1v) is 11.5. The third kappa shape index (κ3) is 3.84. The average molecular weight is 399 g/mol. The third-order valence-electron chi connectivity index (χ3n) is 5.79. The lowest BCUT2D eigenvalue weighted by Gasteiger charge is -2.31. The highest BCUT2D eigenvalue weighted by Gasteiger charge is 2.33. The molecule has 1 atom stereocenters. The maximum absolute atomic E-state index is 12.9. The van der Waals surface area contributed by atoms with Crippen molar-refractivity contribution in [1.82, 2.24) is 4.31 Å². The lowest BCUT2D eigenvalue weighted by atomic mass is 9.90. The van der Waals surface area contributed by atoms with Gasteiger partial charge in [0.15, 0.2) is 0 Å². The van der Waals surface area contributed by atoms with Gasteiger partial charge in [-0.1, -0.05) is 30.3 Å². The van der Waals surface area contributed by atoms with Crippen LogP contribution in [0.2, 0.25) is 0 Å². The van der Waals surface area contributed by atoms with Crippen molar-refractivity contribution in [2.75, 3.05) is 18.4 Å². The van der Waals surface area contributed by atoms with Gasteiger partial charge in [-0.3, -0.25) is 4.79 Å². The van der Waals surface area contributed by atoms with Crippen molar-refractivity contribution < 1.29 is 13.2 Å². The minimum absolute atomic E-state index is 0.0769. The molecule has 0 radical (unpaired) electrons. The number of sulfonamides is 1. The largest absolute Gasteiger partial charge is 0.326 e. The molecule has 2 aliphatic rings. The number of anilines is 1. The zero-order valence-corrected chi connectivity index (χ0v) is 16.7. The van der Waals surface area contributed by atoms with Crippen LogP contribution in [-0.2, 0) is 27.7 Å². The molecule has 0 aromatic heterocycles. The summed E-state index contributed by atoms with van der Waals surface area (Å²) in [5.41, 5.74) is 3.46. The topological polar surface area (TPSA) is 66.5 Å². The molecule has 1 unspecified atom stereocenters. The number of hydrogen-bond acceptors (Lipinski definition) is 3. The fraction of sp³-hybridized carbons (Fsp3) is 0.409. The normalized spacial score (nSPS) is 20.4. The summed E-state index contributed by atoms with van der Waals surface area (Å²) in [7, 11) is -3.56. The predicted molar refractivity (Wildman–Crippen MR) is 110 cm³/mol. The maximum Gasteiger partial charge on any atom is 0.243 e. The molecule has 2 aromatic rings. The minimum atomic E-state index is -3.56. The fourth-order valence-corrected chi connectivity index (χ4v) is 5.79. The smallest absolute Gasteiger partial charge is 0.243 e. The van der Waals surface area contributed by atoms with Crippen molar-refractivity contribution >= 4 is 21.6 Å². The lowest BCUT2D eigenvalue weighted by molar-refractivity contribution is -0.120. The van der Waals surface area contributed by atoms with Crippen LogP contribution in [0.5, 0.6) is 0 Å². The summed E-state index contributed by atoms with van der Waals surface area (Å²) in [4.78, 5) is 13.2. The van der Waals surface area contributed by atoms with E-state index in [1.807, 2.05) is 12.1 Å². The summed E-state index contributed by atoms with van der Waals surface area (Å²) in [6.45, 7) is 0.694. The van der Waals surface area contributed by atoms with Crippen LogP contribution in [-0.4, -0.2) is 31.7 Å². The van der Waals surface area contributed by atoms with Gasteiger partial charge in [0, 0.05) is 18.8 Å². The van der Waals surface area contributed by atoms with Gasteiger partial charge in [-0.15, -0.1) is 0 Å². The van der Waals surface area contributed by atoms with Gasteiger partial charge in [-0.25, -0.2) is 8.42 Å². The molecular weight excluding hydrogens is 372 g/mol. The third-order valence-corrected chi connectivity index (χ3v) is 7.67. The van der Waals surface area contributed by atoms with E-state index in [9.17, 15) is 13.2 Å². The Labute approximate surface area is 166 Å². The number of aryl methyl sites for hydroxylation is 1. The van der Waals surface area contributed by atoms with E-state index in [2.05, 4.69) is 11.4 Å². The van der Waals surface area contributed by atoms with E-state index < -0.39 is 10.0 Å². The van der Waals surface area contributed by atoms with Gasteiger partial charge in [0.05, 0.1) is 10.8 Å². The molecule has 1 aliphatic carbocycles. The Balaban J connectivity index is 1.49. The number of benzene rings is 2. The first kappa shape index (κ1) is 19.2. The highest BCUT2D eigenvalue weighted by Crippen LogP contribution is 2.29. The molecule has 6 heteroatoms. The van der Waals surface area contributed by atoms with E-state index in [1.54, 1.807) is 30.3 Å². The summed E-state index contributed by atoms with van der Waals surface area (Å²) in [5, 5.41) is 3.09. The zero-order chi connectivity index (χ0) is 19.6. The monoisotopic (exact) mass is 398 g/mol. The van der Waals surface area contributed by atoms with Crippen LogP contribution in [0.25, 0.3) is 0 Å². The van der Waals surface area contributed by atoms with E-state index >= 15 is 0 Å². The number of amides is 1. The highest BCUT2D eigenvalue weighted by molar-refractivity contribution is 7.89. The number of carbonyl (C=O) groups excluding carboxylic acids is 1. The van der Waals surface area contributed by atoms with E-state index in [0.29, 0.717) is 19.4 Å². The van der Waals surface area contributed by atoms with Crippen LogP contribution in [0.1, 0.15) is 36.8 Å². The van der Waals surface area contributed by atoms with Gasteiger partial charge in [-0.2, -0.15) is 4.31 Å². The molecule has 1 heterocycles. The molecule has 28 heavy (non-hydrogen) atoms. The number of piperidine rings is 1. The average Bonchev–Trinajstić information content (AvgIpc) is 2.75. The van der Waals surface area contributed by atoms with Crippen LogP contribution >= 0.6 is 0 Å². The van der Waals surface area contributed by atoms with Crippen LogP contribution < -0.4 is 5.32 Å². The van der Waals surface area contributed by atoms with Gasteiger partial charge in [0.1, 0.15) is 0 Å². The van der Waals surface area contributed by atoms with Crippen LogP contribution in [0.15, 0.2) is 53.4 Å². The molecule has 5 nitrogen and oxygen atoms in total. The number of nitrogens with zero attached hydrogens (tertiary/aromatic N) is 1. The number of carbonyl (C=O) groups is 1. The first-order valence-electron chi connectivity index (χ1n) is 10.0. The lowest BCUT2D eigenvalue weighted by Crippen LogP contribution is -2.43. The summed E-state index contributed by atoms with van der Waals surface area (Å²) in [5.74, 6) is -0.404. The molecule has 2 aromatic carbocycles. The second-order valence-electron chi connectivity index (χ2n) is 7.65. The van der Waals surface area contributed by atoms with Crippen LogP contribution in [0.3, 0.4) is 0 Å². The molecule has 1 amide bonds. The number of nitrogens with one attached hydrogen (secondary N) is 1. The van der Waals surface area contributed by atoms with E-state index in [4.69, 9.17) is 0 Å². The summed E-state index contributed by atoms with van der Waals surface area (Å²) < 4.78 is 27.3. The second-order valence-corrected chi connectivity index (χ2v) is 9.59. The van der Waals surface area contributed by atoms with Crippen molar-refractivity contribution in [1.29, 1.82) is 0 Å². The van der Waals surface area contributed by atoms with Gasteiger partial charge in [0.25, 0.3) is 0 Å². The van der Waals surface area contributed by atoms with Crippen molar-refractivity contribution in [3.63, 3.8) is 0 Å². The Bertz CT molecular complexity index is 957. The van der Waals surface area contributed by atoms with Crippen molar-refractivity contribution in [2.24, 2.45) is 5.92 Å². The molecular formula is C22H26N2O3S. The number of fused-ring (bicyclic) bond motifs is 1. The second kappa shape index (κ2) is 8.05. The Morgan fingerprint density at radius 3 is 2.57 bits per heavy atom. The minimum Gasteiger partial charge on any atom is -0.326 e. The SMILES string of the molecule is O=C(Nc1cccc2c1CCCC2)C1CCCN(S(=O)(=O)c2ccccc2)C1. The van der Waals surface area contributed by atoms with Crippen LogP contribution in [0, 0.1) is 5.92 Å². The summed E-state index contributed by atoms with van der Waals surface area (Å²) in [6.07, 6.45) is 5.79. The summed E-state index contributed by atoms with van der Waals surface area (Å²) >= 11 is 0. The van der Waals surface area contributed by atoms with E-state index in [1.165, 1.54) is 21.9 Å². The van der Waals surface area contributed by atoms with E-state index in [0.717, 1.165) is 24.9 Å². The maximum atomic E-state index is 12.9. The van der Waals surface area contributed by atoms with Gasteiger partial charge in [0.2, 0.25) is 15.9 Å². The molecule has 1 N–H and O–H groups in total. The summed E-state index contributed by atoms with van der Waals surface area (Å²) in [6, 6.07) is 14.5. The van der Waals surface area contributed by atoms with Crippen molar-refractivity contribution in [3.05, 3.63) is 59.7 Å². The highest BCUT2D eigenvalue weighted by atomic mass is 32.2. The van der Waals surface area contributed by atoms with Crippen molar-refractivity contribution in [3.8, 4) is 0 Å². The van der Waals surface area contributed by atoms with Crippen LogP contribution in [0.4, 0.5) is 5.69 Å². The van der Waals surface area contributed by atoms with Gasteiger partial charge >= 0.3 is 0 Å². The van der Waals surface area contributed by atoms with Crippen molar-refractivity contribution in [2.45, 2.75) is 43.4 Å². The molecule has 1 saturated heterocycles. The Kier molecular flexibility index (Phi) is 5.51. The van der Waals surface area contributed by atoms with Gasteiger partial charge < -0.3 is 5.32 Å². The molecule has 4 rings (SSSR count). The molecule has 0 saturated carbocycles. The molecule has 1 aliphatic heterocycles. The number of rotatable bonds is 4. The Hall–Kier alpha value is -2.18. The Morgan fingerprint density at radius 1 is 0.964 bits per heavy atom. The first-order chi connectivity index (χ1) is 13.6. The standard InChI is InChI=1S/C22H26N2O3S/c25-22(23-21-14-6-9-17-8-4-5-13-20(17)21)18-10-7-15-24(16-18)28(26,27)19-11-2-1-3-12-19/h1-3,6,9,11-12,14,18H,4-5,7-8,10,13,15-16H2,(H,23,25). The van der Waals surface area contributed by atoms with E-state index in [-0.39, 0.29) is 23.3 Å². The predicted octanol–water partition coefficient (Wildman–Crippen LogP) is 3.60. The Morgan fingerprint density at radius 2 is 1.75 bits per heavy atom. The molecule has 148 valence electrons.